The van der Waals surface area contributed by atoms with E-state index in [1.165, 1.54) is 38.5 Å². The van der Waals surface area contributed by atoms with E-state index in [9.17, 15) is 9.90 Å². The first-order valence-corrected chi connectivity index (χ1v) is 16.7. The van der Waals surface area contributed by atoms with Gasteiger partial charge in [0.25, 0.3) is 5.56 Å². The van der Waals surface area contributed by atoms with E-state index in [1.807, 2.05) is 40.8 Å². The Morgan fingerprint density at radius 2 is 1.85 bits per heavy atom. The lowest BCUT2D eigenvalue weighted by Crippen LogP contribution is -2.43. The minimum atomic E-state index is -1.99. The highest BCUT2D eigenvalue weighted by Gasteiger charge is 2.35. The van der Waals surface area contributed by atoms with E-state index < -0.39 is 8.24 Å². The Labute approximate surface area is 207 Å². The summed E-state index contributed by atoms with van der Waals surface area (Å²) in [5.74, 6) is 1.65. The highest BCUT2D eigenvalue weighted by Crippen LogP contribution is 2.42. The predicted octanol–water partition coefficient (Wildman–Crippen LogP) is 7.61. The van der Waals surface area contributed by atoms with Gasteiger partial charge in [-0.3, -0.25) is 4.79 Å². The molecule has 0 unspecified atom stereocenters. The van der Waals surface area contributed by atoms with Gasteiger partial charge in [-0.2, -0.15) is 0 Å². The van der Waals surface area contributed by atoms with E-state index in [0.29, 0.717) is 18.1 Å². The van der Waals surface area contributed by atoms with Gasteiger partial charge < -0.3 is 14.1 Å². The first-order chi connectivity index (χ1) is 16.1. The van der Waals surface area contributed by atoms with Crippen LogP contribution < -0.4 is 5.56 Å². The van der Waals surface area contributed by atoms with Crippen molar-refractivity contribution in [1.29, 1.82) is 0 Å². The van der Waals surface area contributed by atoms with Gasteiger partial charge in [0.1, 0.15) is 5.75 Å². The monoisotopic (exact) mass is 483 g/mol. The lowest BCUT2D eigenvalue weighted by Gasteiger charge is -2.35. The van der Waals surface area contributed by atoms with E-state index in [0.717, 1.165) is 23.5 Å². The molecule has 188 valence electrons. The molecule has 0 bridgehead atoms. The fourth-order valence-electron chi connectivity index (χ4n) is 5.21. The van der Waals surface area contributed by atoms with Crippen molar-refractivity contribution in [2.45, 2.75) is 91.5 Å². The van der Waals surface area contributed by atoms with Gasteiger partial charge in [-0.15, -0.1) is 0 Å². The van der Waals surface area contributed by atoms with Crippen LogP contribution in [0.25, 0.3) is 11.1 Å². The highest BCUT2D eigenvalue weighted by atomic mass is 28.3. The fourth-order valence-corrected chi connectivity index (χ4v) is 6.45. The maximum atomic E-state index is 13.6. The van der Waals surface area contributed by atoms with Crippen LogP contribution in [0.3, 0.4) is 0 Å². The third-order valence-electron chi connectivity index (χ3n) is 7.55. The average molecular weight is 484 g/mol. The molecule has 0 saturated carbocycles. The molecule has 0 aliphatic carbocycles. The molecule has 1 aromatic heterocycles. The highest BCUT2D eigenvalue weighted by molar-refractivity contribution is 6.74. The number of aromatic nitrogens is 1. The molecule has 1 aliphatic rings. The molecule has 0 amide bonds. The fraction of sp³-hybridized carbons (Fsp3) is 0.621. The van der Waals surface area contributed by atoms with Crippen molar-refractivity contribution < 1.29 is 9.84 Å². The number of aromatic hydroxyl groups is 1. The van der Waals surface area contributed by atoms with Crippen molar-refractivity contribution >= 4 is 8.24 Å². The number of rotatable bonds is 10. The van der Waals surface area contributed by atoms with Gasteiger partial charge in [-0.1, -0.05) is 103 Å². The molecule has 0 radical (unpaired) electrons. The summed E-state index contributed by atoms with van der Waals surface area (Å²) in [6.45, 7) is 13.9. The van der Waals surface area contributed by atoms with Crippen molar-refractivity contribution in [2.75, 3.05) is 6.61 Å². The van der Waals surface area contributed by atoms with Gasteiger partial charge in [0, 0.05) is 11.8 Å². The van der Waals surface area contributed by atoms with Gasteiger partial charge in [0.2, 0.25) is 0 Å². The maximum Gasteiger partial charge on any atom is 0.252 e. The second kappa shape index (κ2) is 11.7. The molecule has 2 aromatic rings. The molecule has 1 fully saturated rings. The second-order valence-corrected chi connectivity index (χ2v) is 16.3. The Bertz CT molecular complexity index is 979. The number of ether oxygens (including phenoxy) is 1. The number of pyridine rings is 1. The molecule has 0 spiro atoms. The quantitative estimate of drug-likeness (QED) is 0.279. The molecule has 1 saturated heterocycles. The first kappa shape index (κ1) is 26.7. The summed E-state index contributed by atoms with van der Waals surface area (Å²) in [6, 6.07) is 9.87. The molecule has 2 heterocycles. The molecule has 1 aromatic carbocycles. The summed E-state index contributed by atoms with van der Waals surface area (Å²) in [4.78, 5) is 13.6. The number of nitrogens with zero attached hydrogens (tertiary/aromatic N) is 1. The summed E-state index contributed by atoms with van der Waals surface area (Å²) in [5.41, 5.74) is 2.00. The smallest absolute Gasteiger partial charge is 0.252 e. The normalized spacial score (nSPS) is 22.0. The number of unbranched alkanes of at least 4 members (excludes halogenated alkanes) is 2. The third kappa shape index (κ3) is 6.42. The van der Waals surface area contributed by atoms with Crippen LogP contribution >= 0.6 is 0 Å². The second-order valence-electron chi connectivity index (χ2n) is 11.5. The van der Waals surface area contributed by atoms with E-state index >= 15 is 0 Å². The summed E-state index contributed by atoms with van der Waals surface area (Å²) in [5, 5.41) is 11.3. The van der Waals surface area contributed by atoms with Crippen molar-refractivity contribution in [1.82, 2.24) is 4.23 Å². The van der Waals surface area contributed by atoms with Crippen LogP contribution in [0.2, 0.25) is 19.6 Å². The van der Waals surface area contributed by atoms with E-state index in [4.69, 9.17) is 4.74 Å². The van der Waals surface area contributed by atoms with Crippen LogP contribution in [0, 0.1) is 17.8 Å². The largest absolute Gasteiger partial charge is 0.507 e. The zero-order valence-corrected chi connectivity index (χ0v) is 23.1. The summed E-state index contributed by atoms with van der Waals surface area (Å²) < 4.78 is 8.26. The molecule has 34 heavy (non-hydrogen) atoms. The van der Waals surface area contributed by atoms with E-state index in [-0.39, 0.29) is 23.3 Å². The van der Waals surface area contributed by atoms with Gasteiger partial charge in [-0.25, -0.2) is 0 Å². The maximum absolute atomic E-state index is 13.6. The molecule has 4 atom stereocenters. The van der Waals surface area contributed by atoms with Crippen molar-refractivity contribution in [3.63, 3.8) is 0 Å². The van der Waals surface area contributed by atoms with Gasteiger partial charge in [-0.05, 0) is 36.2 Å². The Morgan fingerprint density at radius 3 is 2.47 bits per heavy atom. The predicted molar refractivity (Wildman–Crippen MR) is 145 cm³/mol. The van der Waals surface area contributed by atoms with Crippen LogP contribution in [0.1, 0.15) is 77.4 Å². The van der Waals surface area contributed by atoms with Crippen LogP contribution in [0.15, 0.2) is 41.3 Å². The molecule has 5 heteroatoms. The van der Waals surface area contributed by atoms with Crippen molar-refractivity contribution in [3.8, 4) is 16.9 Å². The summed E-state index contributed by atoms with van der Waals surface area (Å²) in [6.07, 6.45) is 10.2. The van der Waals surface area contributed by atoms with Crippen LogP contribution in [-0.2, 0) is 4.74 Å². The van der Waals surface area contributed by atoms with Crippen molar-refractivity contribution in [3.05, 3.63) is 52.4 Å². The summed E-state index contributed by atoms with van der Waals surface area (Å²) >= 11 is 0. The van der Waals surface area contributed by atoms with E-state index in [1.54, 1.807) is 0 Å². The zero-order valence-electron chi connectivity index (χ0n) is 22.1. The Morgan fingerprint density at radius 1 is 1.15 bits per heavy atom. The standard InChI is InChI=1S/C29H45NO3Si/c1-7-21(2)14-10-8-11-15-23-18-22(3)28(33-20-23)26-27(31)25(24-16-12-9-13-17-24)19-30(29(26)32)34(4,5)6/h9,12-13,16-17,19,21-23,28,31H,7-8,10-11,14-15,18,20H2,1-6H3/t21-,22-,23-,28-/m1/s1. The minimum absolute atomic E-state index is 0.0864. The number of hydrogen-bond acceptors (Lipinski definition) is 3. The Balaban J connectivity index is 1.79. The first-order valence-electron chi connectivity index (χ1n) is 13.3. The number of hydrogen-bond donors (Lipinski definition) is 1. The molecule has 1 aliphatic heterocycles. The Hall–Kier alpha value is -1.85. The molecule has 3 rings (SSSR count). The van der Waals surface area contributed by atoms with E-state index in [2.05, 4.69) is 40.4 Å². The minimum Gasteiger partial charge on any atom is -0.507 e. The summed E-state index contributed by atoms with van der Waals surface area (Å²) in [7, 11) is -1.99. The van der Waals surface area contributed by atoms with Gasteiger partial charge in [0.15, 0.2) is 8.24 Å². The van der Waals surface area contributed by atoms with Gasteiger partial charge >= 0.3 is 0 Å². The van der Waals surface area contributed by atoms with Crippen molar-refractivity contribution in [2.24, 2.45) is 17.8 Å². The van der Waals surface area contributed by atoms with Crippen LogP contribution in [0.4, 0.5) is 0 Å². The number of benzene rings is 1. The molecule has 1 N–H and O–H groups in total. The SMILES string of the molecule is CC[C@@H](C)CCCCC[C@H]1CO[C@@H](c2c(O)c(-c3ccccc3)cn([Si](C)(C)C)c2=O)[C@H](C)C1. The third-order valence-corrected chi connectivity index (χ3v) is 9.33. The Kier molecular flexibility index (Phi) is 9.22. The molecular formula is C29H45NO3Si. The lowest BCUT2D eigenvalue weighted by molar-refractivity contribution is -0.0567. The van der Waals surface area contributed by atoms with Crippen LogP contribution in [-0.4, -0.2) is 24.2 Å². The molecular weight excluding hydrogens is 438 g/mol. The van der Waals surface area contributed by atoms with Gasteiger partial charge in [0.05, 0.1) is 18.3 Å². The zero-order chi connectivity index (χ0) is 24.9. The average Bonchev–Trinajstić information content (AvgIpc) is 2.79. The topological polar surface area (TPSA) is 51.5 Å². The van der Waals surface area contributed by atoms with Crippen LogP contribution in [0.5, 0.6) is 5.75 Å². The lowest BCUT2D eigenvalue weighted by atomic mass is 9.83. The molecule has 4 nitrogen and oxygen atoms in total.